The predicted molar refractivity (Wildman–Crippen MR) is 46.3 cm³/mol. The van der Waals surface area contributed by atoms with E-state index in [1.165, 1.54) is 6.07 Å². The first kappa shape index (κ1) is 7.91. The third kappa shape index (κ3) is 1.65. The summed E-state index contributed by atoms with van der Waals surface area (Å²) in [4.78, 5) is 3.91. The van der Waals surface area contributed by atoms with Crippen LogP contribution in [0.2, 0.25) is 0 Å². The summed E-state index contributed by atoms with van der Waals surface area (Å²) in [7, 11) is 0. The van der Waals surface area contributed by atoms with Gasteiger partial charge in [-0.05, 0) is 35.1 Å². The molecule has 54 valence electrons. The molecule has 0 saturated heterocycles. The van der Waals surface area contributed by atoms with Gasteiger partial charge in [0.1, 0.15) is 5.82 Å². The van der Waals surface area contributed by atoms with Crippen LogP contribution >= 0.6 is 22.6 Å². The average Bonchev–Trinajstić information content (AvgIpc) is 1.88. The zero-order valence-corrected chi connectivity index (χ0v) is 7.72. The van der Waals surface area contributed by atoms with Crippen molar-refractivity contribution in [3.63, 3.8) is 0 Å². The van der Waals surface area contributed by atoms with Crippen molar-refractivity contribution in [3.8, 4) is 0 Å². The number of hydrogen-bond donors (Lipinski definition) is 0. The van der Waals surface area contributed by atoms with Gasteiger partial charge >= 0.3 is 0 Å². The molecule has 0 atom stereocenters. The second kappa shape index (κ2) is 3.27. The second-order valence-corrected chi connectivity index (χ2v) is 3.18. The molecule has 0 spiro atoms. The maximum Gasteiger partial charge on any atom is 0.145 e. The van der Waals surface area contributed by atoms with E-state index in [-0.39, 0.29) is 5.82 Å². The van der Waals surface area contributed by atoms with E-state index in [9.17, 15) is 4.39 Å². The molecule has 1 rings (SSSR count). The minimum atomic E-state index is -0.200. The summed E-state index contributed by atoms with van der Waals surface area (Å²) >= 11 is 2.04. The molecule has 0 saturated carbocycles. The van der Waals surface area contributed by atoms with Gasteiger partial charge in [-0.2, -0.15) is 0 Å². The largest absolute Gasteiger partial charge is 0.257 e. The summed E-state index contributed by atoms with van der Waals surface area (Å²) in [6.07, 6.45) is 2.32. The minimum absolute atomic E-state index is 0.200. The van der Waals surface area contributed by atoms with Crippen molar-refractivity contribution in [2.75, 3.05) is 0 Å². The lowest BCUT2D eigenvalue weighted by molar-refractivity contribution is 0.600. The molecule has 1 heterocycles. The van der Waals surface area contributed by atoms with Crippen LogP contribution in [-0.4, -0.2) is 4.98 Å². The summed E-state index contributed by atoms with van der Waals surface area (Å²) in [5, 5.41) is 0. The highest BCUT2D eigenvalue weighted by molar-refractivity contribution is 14.1. The molecule has 0 bridgehead atoms. The fourth-order valence-electron chi connectivity index (χ4n) is 0.703. The average molecular weight is 251 g/mol. The molecule has 0 fully saturated rings. The van der Waals surface area contributed by atoms with Crippen LogP contribution in [0.15, 0.2) is 12.3 Å². The normalized spacial score (nSPS) is 9.90. The van der Waals surface area contributed by atoms with E-state index in [0.29, 0.717) is 12.1 Å². The molecule has 1 nitrogen and oxygen atoms in total. The number of hydrogen-bond acceptors (Lipinski definition) is 1. The van der Waals surface area contributed by atoms with Crippen molar-refractivity contribution < 1.29 is 4.39 Å². The Morgan fingerprint density at radius 2 is 2.40 bits per heavy atom. The number of rotatable bonds is 1. The molecule has 1 aromatic rings. The molecule has 0 radical (unpaired) electrons. The van der Waals surface area contributed by atoms with Gasteiger partial charge in [-0.15, -0.1) is 0 Å². The Kier molecular flexibility index (Phi) is 2.59. The van der Waals surface area contributed by atoms with Gasteiger partial charge in [0.2, 0.25) is 0 Å². The van der Waals surface area contributed by atoms with Crippen LogP contribution in [0.25, 0.3) is 0 Å². The van der Waals surface area contributed by atoms with E-state index in [4.69, 9.17) is 0 Å². The summed E-state index contributed by atoms with van der Waals surface area (Å²) in [6, 6.07) is 1.49. The fraction of sp³-hybridized carbons (Fsp3) is 0.286. The highest BCUT2D eigenvalue weighted by Gasteiger charge is 1.99. The van der Waals surface area contributed by atoms with Crippen LogP contribution in [0.3, 0.4) is 0 Å². The van der Waals surface area contributed by atoms with Gasteiger partial charge in [-0.3, -0.25) is 4.98 Å². The Morgan fingerprint density at radius 3 is 2.90 bits per heavy atom. The van der Waals surface area contributed by atoms with E-state index in [0.717, 1.165) is 3.57 Å². The molecule has 10 heavy (non-hydrogen) atoms. The molecule has 1 aromatic heterocycles. The van der Waals surface area contributed by atoms with Crippen LogP contribution in [0.1, 0.15) is 12.6 Å². The molecule has 0 unspecified atom stereocenters. The smallest absolute Gasteiger partial charge is 0.145 e. The van der Waals surface area contributed by atoms with Gasteiger partial charge in [0.05, 0.1) is 5.69 Å². The Morgan fingerprint density at radius 1 is 1.70 bits per heavy atom. The van der Waals surface area contributed by atoms with E-state index >= 15 is 0 Å². The van der Waals surface area contributed by atoms with E-state index in [1.807, 2.05) is 29.5 Å². The summed E-state index contributed by atoms with van der Waals surface area (Å²) in [5.74, 6) is -0.200. The monoisotopic (exact) mass is 251 g/mol. The number of pyridine rings is 1. The Labute approximate surface area is 72.8 Å². The zero-order valence-electron chi connectivity index (χ0n) is 5.56. The second-order valence-electron chi connectivity index (χ2n) is 1.94. The quantitative estimate of drug-likeness (QED) is 0.698. The molecule has 0 aliphatic heterocycles. The minimum Gasteiger partial charge on any atom is -0.257 e. The van der Waals surface area contributed by atoms with Gasteiger partial charge < -0.3 is 0 Å². The molecular formula is C7H7FIN. The predicted octanol–water partition coefficient (Wildman–Crippen LogP) is 2.39. The molecule has 0 aromatic carbocycles. The summed E-state index contributed by atoms with van der Waals surface area (Å²) < 4.78 is 13.6. The van der Waals surface area contributed by atoms with E-state index < -0.39 is 0 Å². The molecule has 0 aliphatic carbocycles. The lowest BCUT2D eigenvalue weighted by atomic mass is 10.3. The molecule has 0 amide bonds. The molecule has 0 N–H and O–H groups in total. The van der Waals surface area contributed by atoms with Gasteiger partial charge in [-0.1, -0.05) is 6.92 Å². The number of nitrogens with zero attached hydrogens (tertiary/aromatic N) is 1. The SMILES string of the molecule is CCc1ncc(I)cc1F. The van der Waals surface area contributed by atoms with Gasteiger partial charge in [0.15, 0.2) is 0 Å². The Bertz CT molecular complexity index is 237. The first-order valence-corrected chi connectivity index (χ1v) is 4.12. The lowest BCUT2D eigenvalue weighted by Gasteiger charge is -1.96. The molecule has 0 aliphatic rings. The molecular weight excluding hydrogens is 244 g/mol. The van der Waals surface area contributed by atoms with E-state index in [2.05, 4.69) is 4.98 Å². The number of halogens is 2. The van der Waals surface area contributed by atoms with Crippen LogP contribution in [0.5, 0.6) is 0 Å². The Hall–Kier alpha value is -0.190. The highest BCUT2D eigenvalue weighted by atomic mass is 127. The fourth-order valence-corrected chi connectivity index (χ4v) is 1.12. The zero-order chi connectivity index (χ0) is 7.56. The van der Waals surface area contributed by atoms with Gasteiger partial charge in [-0.25, -0.2) is 4.39 Å². The van der Waals surface area contributed by atoms with Crippen LogP contribution in [0.4, 0.5) is 4.39 Å². The Balaban J connectivity index is 3.07. The van der Waals surface area contributed by atoms with Crippen molar-refractivity contribution >= 4 is 22.6 Å². The van der Waals surface area contributed by atoms with E-state index in [1.54, 1.807) is 6.20 Å². The summed E-state index contributed by atoms with van der Waals surface area (Å²) in [5.41, 5.74) is 0.542. The lowest BCUT2D eigenvalue weighted by Crippen LogP contribution is -1.92. The van der Waals surface area contributed by atoms with Crippen molar-refractivity contribution in [2.24, 2.45) is 0 Å². The highest BCUT2D eigenvalue weighted by Crippen LogP contribution is 2.08. The van der Waals surface area contributed by atoms with Crippen LogP contribution in [0, 0.1) is 9.39 Å². The summed E-state index contributed by atoms with van der Waals surface area (Å²) in [6.45, 7) is 1.89. The number of aryl methyl sites for hydroxylation is 1. The van der Waals surface area contributed by atoms with Crippen LogP contribution in [-0.2, 0) is 6.42 Å². The van der Waals surface area contributed by atoms with Crippen molar-refractivity contribution in [1.82, 2.24) is 4.98 Å². The van der Waals surface area contributed by atoms with Crippen LogP contribution < -0.4 is 0 Å². The topological polar surface area (TPSA) is 12.9 Å². The maximum absolute atomic E-state index is 12.8. The standard InChI is InChI=1S/C7H7FIN/c1-2-7-6(8)3-5(9)4-10-7/h3-4H,2H2,1H3. The first-order chi connectivity index (χ1) is 4.74. The first-order valence-electron chi connectivity index (χ1n) is 3.04. The van der Waals surface area contributed by atoms with Crippen molar-refractivity contribution in [3.05, 3.63) is 27.3 Å². The van der Waals surface area contributed by atoms with Gasteiger partial charge in [0.25, 0.3) is 0 Å². The van der Waals surface area contributed by atoms with Gasteiger partial charge in [0, 0.05) is 9.77 Å². The number of aromatic nitrogens is 1. The third-order valence-electron chi connectivity index (χ3n) is 1.22. The van der Waals surface area contributed by atoms with Crippen molar-refractivity contribution in [2.45, 2.75) is 13.3 Å². The maximum atomic E-state index is 12.8. The molecule has 3 heteroatoms. The third-order valence-corrected chi connectivity index (χ3v) is 1.81. The van der Waals surface area contributed by atoms with Crippen molar-refractivity contribution in [1.29, 1.82) is 0 Å².